The van der Waals surface area contributed by atoms with Crippen LogP contribution in [0.15, 0.2) is 48.5 Å². The van der Waals surface area contributed by atoms with Crippen molar-refractivity contribution >= 4 is 34.4 Å². The summed E-state index contributed by atoms with van der Waals surface area (Å²) in [7, 11) is 0. The minimum absolute atomic E-state index is 0.0590. The molecule has 6 nitrogen and oxygen atoms in total. The van der Waals surface area contributed by atoms with Crippen molar-refractivity contribution in [2.75, 3.05) is 6.54 Å². The van der Waals surface area contributed by atoms with Crippen LogP contribution in [0.25, 0.3) is 11.0 Å². The molecule has 158 valence electrons. The van der Waals surface area contributed by atoms with Crippen molar-refractivity contribution in [1.29, 1.82) is 0 Å². The molecule has 0 bridgehead atoms. The fourth-order valence-corrected chi connectivity index (χ4v) is 3.66. The summed E-state index contributed by atoms with van der Waals surface area (Å²) in [6.45, 7) is 7.05. The first-order valence-corrected chi connectivity index (χ1v) is 10.5. The molecule has 1 heterocycles. The third-order valence-corrected chi connectivity index (χ3v) is 5.39. The Kier molecular flexibility index (Phi) is 7.11. The lowest BCUT2D eigenvalue weighted by Crippen LogP contribution is -2.50. The van der Waals surface area contributed by atoms with Gasteiger partial charge in [-0.3, -0.25) is 9.59 Å². The van der Waals surface area contributed by atoms with Gasteiger partial charge in [0.1, 0.15) is 11.9 Å². The second kappa shape index (κ2) is 9.76. The topological polar surface area (TPSA) is 76.0 Å². The molecule has 0 saturated heterocycles. The molecule has 2 N–H and O–H groups in total. The Hall–Kier alpha value is -2.86. The number of rotatable bonds is 8. The van der Waals surface area contributed by atoms with E-state index in [1.807, 2.05) is 45.0 Å². The second-order valence-corrected chi connectivity index (χ2v) is 8.03. The highest BCUT2D eigenvalue weighted by atomic mass is 35.5. The standard InChI is InChI=1S/C23H27ClN4O2/c1-15(2)21(27-22(29)17-9-4-5-10-18(17)24)23(30)25-13-8-14-28-16(3)26-19-11-6-7-12-20(19)28/h4-7,9-12,15,21H,8,13-14H2,1-3H3,(H,25,30)(H,27,29). The van der Waals surface area contributed by atoms with Gasteiger partial charge in [0.05, 0.1) is 21.6 Å². The van der Waals surface area contributed by atoms with Crippen LogP contribution in [0.5, 0.6) is 0 Å². The van der Waals surface area contributed by atoms with Crippen molar-refractivity contribution in [3.63, 3.8) is 0 Å². The van der Waals surface area contributed by atoms with Crippen molar-refractivity contribution in [2.45, 2.75) is 39.8 Å². The molecule has 0 spiro atoms. The largest absolute Gasteiger partial charge is 0.354 e. The van der Waals surface area contributed by atoms with E-state index < -0.39 is 6.04 Å². The van der Waals surface area contributed by atoms with Crippen molar-refractivity contribution in [2.24, 2.45) is 5.92 Å². The molecule has 2 amide bonds. The van der Waals surface area contributed by atoms with Crippen molar-refractivity contribution < 1.29 is 9.59 Å². The molecule has 0 aliphatic rings. The lowest BCUT2D eigenvalue weighted by atomic mass is 10.0. The molecule has 0 aliphatic heterocycles. The number of carbonyl (C=O) groups excluding carboxylic acids is 2. The summed E-state index contributed by atoms with van der Waals surface area (Å²) < 4.78 is 2.15. The van der Waals surface area contributed by atoms with E-state index in [0.717, 1.165) is 29.8 Å². The van der Waals surface area contributed by atoms with E-state index >= 15 is 0 Å². The molecule has 1 unspecified atom stereocenters. The van der Waals surface area contributed by atoms with E-state index in [9.17, 15) is 9.59 Å². The highest BCUT2D eigenvalue weighted by molar-refractivity contribution is 6.33. The lowest BCUT2D eigenvalue weighted by molar-refractivity contribution is -0.123. The van der Waals surface area contributed by atoms with Gasteiger partial charge >= 0.3 is 0 Å². The number of fused-ring (bicyclic) bond motifs is 1. The van der Waals surface area contributed by atoms with E-state index in [1.165, 1.54) is 0 Å². The first kappa shape index (κ1) is 21.8. The molecule has 1 atom stereocenters. The molecule has 2 aromatic carbocycles. The minimum Gasteiger partial charge on any atom is -0.354 e. The van der Waals surface area contributed by atoms with Gasteiger partial charge in [-0.05, 0) is 43.5 Å². The van der Waals surface area contributed by atoms with Crippen LogP contribution in [0, 0.1) is 12.8 Å². The number of benzene rings is 2. The summed E-state index contributed by atoms with van der Waals surface area (Å²) >= 11 is 6.10. The zero-order chi connectivity index (χ0) is 21.7. The number of aromatic nitrogens is 2. The number of carbonyl (C=O) groups is 2. The van der Waals surface area contributed by atoms with Crippen molar-refractivity contribution in [3.8, 4) is 0 Å². The van der Waals surface area contributed by atoms with Crippen molar-refractivity contribution in [1.82, 2.24) is 20.2 Å². The van der Waals surface area contributed by atoms with Crippen LogP contribution >= 0.6 is 11.6 Å². The van der Waals surface area contributed by atoms with Crippen LogP contribution in [0.2, 0.25) is 5.02 Å². The number of para-hydroxylation sites is 2. The first-order chi connectivity index (χ1) is 14.4. The molecule has 0 radical (unpaired) electrons. The van der Waals surface area contributed by atoms with E-state index in [4.69, 9.17) is 11.6 Å². The van der Waals surface area contributed by atoms with Gasteiger partial charge in [-0.2, -0.15) is 0 Å². The summed E-state index contributed by atoms with van der Waals surface area (Å²) in [6, 6.07) is 14.2. The maximum Gasteiger partial charge on any atom is 0.253 e. The number of amides is 2. The monoisotopic (exact) mass is 426 g/mol. The van der Waals surface area contributed by atoms with Gasteiger partial charge in [0.25, 0.3) is 5.91 Å². The van der Waals surface area contributed by atoms with E-state index in [2.05, 4.69) is 20.2 Å². The third-order valence-electron chi connectivity index (χ3n) is 5.06. The van der Waals surface area contributed by atoms with Gasteiger partial charge in [-0.15, -0.1) is 0 Å². The molecule has 3 aromatic rings. The zero-order valence-corrected chi connectivity index (χ0v) is 18.2. The molecule has 7 heteroatoms. The highest BCUT2D eigenvalue weighted by Gasteiger charge is 2.25. The summed E-state index contributed by atoms with van der Waals surface area (Å²) in [5.74, 6) is 0.346. The fraction of sp³-hybridized carbons (Fsp3) is 0.348. The highest BCUT2D eigenvalue weighted by Crippen LogP contribution is 2.16. The Morgan fingerprint density at radius 1 is 1.10 bits per heavy atom. The average Bonchev–Trinajstić information content (AvgIpc) is 3.04. The molecule has 30 heavy (non-hydrogen) atoms. The van der Waals surface area contributed by atoms with Gasteiger partial charge in [-0.25, -0.2) is 4.98 Å². The molecular formula is C23H27ClN4O2. The Balaban J connectivity index is 1.56. The van der Waals surface area contributed by atoms with Crippen molar-refractivity contribution in [3.05, 3.63) is 64.9 Å². The third kappa shape index (κ3) is 5.00. The average molecular weight is 427 g/mol. The maximum absolute atomic E-state index is 12.7. The van der Waals surface area contributed by atoms with Crippen LogP contribution < -0.4 is 10.6 Å². The summed E-state index contributed by atoms with van der Waals surface area (Å²) in [4.78, 5) is 29.8. The van der Waals surface area contributed by atoms with Crippen LogP contribution in [0.4, 0.5) is 0 Å². The maximum atomic E-state index is 12.7. The number of nitrogens with one attached hydrogen (secondary N) is 2. The number of nitrogens with zero attached hydrogens (tertiary/aromatic N) is 2. The molecule has 3 rings (SSSR count). The summed E-state index contributed by atoms with van der Waals surface area (Å²) in [5, 5.41) is 6.12. The van der Waals surface area contributed by atoms with Gasteiger partial charge in [0.2, 0.25) is 5.91 Å². The minimum atomic E-state index is -0.635. The summed E-state index contributed by atoms with van der Waals surface area (Å²) in [5.41, 5.74) is 2.43. The van der Waals surface area contributed by atoms with Gasteiger partial charge in [-0.1, -0.05) is 49.7 Å². The Labute approximate surface area is 181 Å². The number of hydrogen-bond acceptors (Lipinski definition) is 3. The lowest BCUT2D eigenvalue weighted by Gasteiger charge is -2.22. The van der Waals surface area contributed by atoms with Gasteiger partial charge in [0, 0.05) is 13.1 Å². The second-order valence-electron chi connectivity index (χ2n) is 7.62. The number of imidazole rings is 1. The Morgan fingerprint density at radius 3 is 2.53 bits per heavy atom. The van der Waals surface area contributed by atoms with E-state index in [-0.39, 0.29) is 17.7 Å². The first-order valence-electron chi connectivity index (χ1n) is 10.1. The Morgan fingerprint density at radius 2 is 1.80 bits per heavy atom. The van der Waals surface area contributed by atoms with Gasteiger partial charge in [0.15, 0.2) is 0 Å². The van der Waals surface area contributed by atoms with Crippen LogP contribution in [0.1, 0.15) is 36.5 Å². The Bertz CT molecular complexity index is 1040. The van der Waals surface area contributed by atoms with Crippen LogP contribution in [-0.4, -0.2) is 34.0 Å². The molecule has 0 saturated carbocycles. The van der Waals surface area contributed by atoms with Crippen LogP contribution in [0.3, 0.4) is 0 Å². The van der Waals surface area contributed by atoms with Crippen LogP contribution in [-0.2, 0) is 11.3 Å². The number of hydrogen-bond donors (Lipinski definition) is 2. The molecule has 0 aliphatic carbocycles. The number of halogens is 1. The fourth-order valence-electron chi connectivity index (χ4n) is 3.44. The molecule has 0 fully saturated rings. The zero-order valence-electron chi connectivity index (χ0n) is 17.5. The predicted molar refractivity (Wildman–Crippen MR) is 120 cm³/mol. The smallest absolute Gasteiger partial charge is 0.253 e. The quantitative estimate of drug-likeness (QED) is 0.535. The van der Waals surface area contributed by atoms with Gasteiger partial charge < -0.3 is 15.2 Å². The molecule has 1 aromatic heterocycles. The van der Waals surface area contributed by atoms with E-state index in [0.29, 0.717) is 17.1 Å². The summed E-state index contributed by atoms with van der Waals surface area (Å²) in [6.07, 6.45) is 0.760. The number of aryl methyl sites for hydroxylation is 2. The normalized spacial score (nSPS) is 12.2. The predicted octanol–water partition coefficient (Wildman–Crippen LogP) is 3.96. The van der Waals surface area contributed by atoms with E-state index in [1.54, 1.807) is 24.3 Å². The molecular weight excluding hydrogens is 400 g/mol. The SMILES string of the molecule is Cc1nc2ccccc2n1CCCNC(=O)C(NC(=O)c1ccccc1Cl)C(C)C.